The van der Waals surface area contributed by atoms with Gasteiger partial charge < -0.3 is 15.2 Å². The molecule has 2 aromatic carbocycles. The predicted molar refractivity (Wildman–Crippen MR) is 109 cm³/mol. The highest BCUT2D eigenvalue weighted by Gasteiger charge is 2.14. The Morgan fingerprint density at radius 2 is 1.79 bits per heavy atom. The predicted octanol–water partition coefficient (Wildman–Crippen LogP) is 2.13. The lowest BCUT2D eigenvalue weighted by Gasteiger charge is -2.09. The van der Waals surface area contributed by atoms with Gasteiger partial charge in [-0.25, -0.2) is 4.98 Å². The Kier molecular flexibility index (Phi) is 4.92. The van der Waals surface area contributed by atoms with Crippen molar-refractivity contribution < 1.29 is 14.7 Å². The number of carbonyl (C=O) groups excluding carboxylic acids is 2. The number of rotatable bonds is 5. The Morgan fingerprint density at radius 3 is 2.48 bits per heavy atom. The van der Waals surface area contributed by atoms with E-state index in [1.54, 1.807) is 0 Å². The molecule has 1 N–H and O–H groups in total. The number of benzene rings is 2. The molecule has 0 fully saturated rings. The van der Waals surface area contributed by atoms with E-state index in [-0.39, 0.29) is 17.7 Å². The van der Waals surface area contributed by atoms with Crippen molar-refractivity contribution in [3.8, 4) is 11.1 Å². The number of anilines is 1. The third-order valence-electron chi connectivity index (χ3n) is 4.36. The molecular formula is C21H14N3O4S-. The zero-order chi connectivity index (χ0) is 20.4. The summed E-state index contributed by atoms with van der Waals surface area (Å²) < 4.78 is 1.26. The Morgan fingerprint density at radius 1 is 1.07 bits per heavy atom. The highest BCUT2D eigenvalue weighted by molar-refractivity contribution is 7.17. The van der Waals surface area contributed by atoms with Crippen molar-refractivity contribution >= 4 is 39.1 Å². The van der Waals surface area contributed by atoms with Crippen LogP contribution in [0.2, 0.25) is 0 Å². The minimum Gasteiger partial charge on any atom is -0.545 e. The summed E-state index contributed by atoms with van der Waals surface area (Å²) in [7, 11) is 0. The van der Waals surface area contributed by atoms with Crippen molar-refractivity contribution in [3.05, 3.63) is 82.2 Å². The minimum atomic E-state index is -1.29. The molecule has 0 spiro atoms. The van der Waals surface area contributed by atoms with Gasteiger partial charge in [0, 0.05) is 16.6 Å². The molecule has 0 saturated carbocycles. The quantitative estimate of drug-likeness (QED) is 0.549. The molecule has 0 saturated heterocycles. The molecule has 0 aliphatic carbocycles. The van der Waals surface area contributed by atoms with E-state index in [4.69, 9.17) is 0 Å². The van der Waals surface area contributed by atoms with E-state index < -0.39 is 11.9 Å². The van der Waals surface area contributed by atoms with Crippen molar-refractivity contribution in [2.75, 3.05) is 5.32 Å². The smallest absolute Gasteiger partial charge is 0.263 e. The van der Waals surface area contributed by atoms with Gasteiger partial charge in [0.1, 0.15) is 11.4 Å². The number of aromatic carboxylic acids is 1. The van der Waals surface area contributed by atoms with Gasteiger partial charge >= 0.3 is 0 Å². The second-order valence-electron chi connectivity index (χ2n) is 6.29. The van der Waals surface area contributed by atoms with Gasteiger partial charge in [-0.3, -0.25) is 14.2 Å². The van der Waals surface area contributed by atoms with Crippen molar-refractivity contribution in [1.82, 2.24) is 9.55 Å². The van der Waals surface area contributed by atoms with Crippen LogP contribution in [0.25, 0.3) is 21.3 Å². The molecule has 0 atom stereocenters. The fourth-order valence-corrected chi connectivity index (χ4v) is 3.86. The van der Waals surface area contributed by atoms with Gasteiger partial charge in [-0.15, -0.1) is 11.3 Å². The van der Waals surface area contributed by atoms with Crippen molar-refractivity contribution in [3.63, 3.8) is 0 Å². The molecule has 0 aliphatic rings. The standard InChI is InChI=1S/C21H15N3O4S/c25-17(23-15-8-6-14(7-9-15)21(27)28)10-24-12-22-19-18(20(24)26)16(11-29-19)13-4-2-1-3-5-13/h1-9,11-12H,10H2,(H,23,25)(H,27,28)/p-1. The number of nitrogens with one attached hydrogen (secondary N) is 1. The van der Waals surface area contributed by atoms with Gasteiger partial charge in [-0.1, -0.05) is 42.5 Å². The van der Waals surface area contributed by atoms with Gasteiger partial charge in [0.25, 0.3) is 5.56 Å². The topological polar surface area (TPSA) is 104 Å². The number of amides is 1. The fourth-order valence-electron chi connectivity index (χ4n) is 2.96. The van der Waals surface area contributed by atoms with Crippen molar-refractivity contribution in [1.29, 1.82) is 0 Å². The zero-order valence-corrected chi connectivity index (χ0v) is 15.8. The first kappa shape index (κ1) is 18.6. The fraction of sp³-hybridized carbons (Fsp3) is 0.0476. The summed E-state index contributed by atoms with van der Waals surface area (Å²) in [5.74, 6) is -1.72. The SMILES string of the molecule is O=C(Cn1cnc2scc(-c3ccccc3)c2c1=O)Nc1ccc(C(=O)[O-])cc1. The van der Waals surface area contributed by atoms with E-state index >= 15 is 0 Å². The second kappa shape index (κ2) is 7.69. The number of aromatic nitrogens is 2. The third-order valence-corrected chi connectivity index (χ3v) is 5.25. The van der Waals surface area contributed by atoms with Crippen LogP contribution >= 0.6 is 11.3 Å². The van der Waals surface area contributed by atoms with Crippen LogP contribution in [-0.4, -0.2) is 21.4 Å². The van der Waals surface area contributed by atoms with E-state index in [2.05, 4.69) is 10.3 Å². The Balaban J connectivity index is 1.59. The molecule has 2 heterocycles. The van der Waals surface area contributed by atoms with Crippen molar-refractivity contribution in [2.24, 2.45) is 0 Å². The molecule has 8 heteroatoms. The van der Waals surface area contributed by atoms with Crippen LogP contribution < -0.4 is 16.0 Å². The molecule has 7 nitrogen and oxygen atoms in total. The van der Waals surface area contributed by atoms with Crippen LogP contribution in [0.4, 0.5) is 5.69 Å². The number of fused-ring (bicyclic) bond motifs is 1. The maximum Gasteiger partial charge on any atom is 0.263 e. The molecule has 1 amide bonds. The summed E-state index contributed by atoms with van der Waals surface area (Å²) in [6, 6.07) is 15.1. The number of thiophene rings is 1. The molecule has 144 valence electrons. The number of nitrogens with zero attached hydrogens (tertiary/aromatic N) is 2. The lowest BCUT2D eigenvalue weighted by atomic mass is 10.1. The third kappa shape index (κ3) is 3.78. The summed E-state index contributed by atoms with van der Waals surface area (Å²) in [5, 5.41) is 15.8. The maximum atomic E-state index is 13.0. The largest absolute Gasteiger partial charge is 0.545 e. The zero-order valence-electron chi connectivity index (χ0n) is 15.0. The number of carboxylic acid groups (broad SMARTS) is 1. The first-order valence-corrected chi connectivity index (χ1v) is 9.54. The molecular weight excluding hydrogens is 390 g/mol. The normalized spacial score (nSPS) is 10.8. The number of hydrogen-bond donors (Lipinski definition) is 1. The van der Waals surface area contributed by atoms with E-state index in [1.165, 1.54) is 46.5 Å². The summed E-state index contributed by atoms with van der Waals surface area (Å²) >= 11 is 1.38. The summed E-state index contributed by atoms with van der Waals surface area (Å²) in [6.07, 6.45) is 1.36. The van der Waals surface area contributed by atoms with Gasteiger partial charge in [-0.05, 0) is 23.3 Å². The average Bonchev–Trinajstić information content (AvgIpc) is 3.16. The van der Waals surface area contributed by atoms with E-state index in [1.807, 2.05) is 35.7 Å². The number of carboxylic acids is 1. The van der Waals surface area contributed by atoms with Gasteiger partial charge in [0.05, 0.1) is 17.7 Å². The molecule has 2 aromatic heterocycles. The van der Waals surface area contributed by atoms with Crippen LogP contribution in [0.1, 0.15) is 10.4 Å². The molecule has 0 bridgehead atoms. The second-order valence-corrected chi connectivity index (χ2v) is 7.14. The lowest BCUT2D eigenvalue weighted by molar-refractivity contribution is -0.255. The summed E-state index contributed by atoms with van der Waals surface area (Å²) in [5.41, 5.74) is 1.84. The number of carbonyl (C=O) groups is 2. The number of hydrogen-bond acceptors (Lipinski definition) is 6. The maximum absolute atomic E-state index is 13.0. The Bertz CT molecular complexity index is 1260. The Hall–Kier alpha value is -3.78. The lowest BCUT2D eigenvalue weighted by Crippen LogP contribution is -2.28. The van der Waals surface area contributed by atoms with E-state index in [0.29, 0.717) is 15.9 Å². The molecule has 29 heavy (non-hydrogen) atoms. The van der Waals surface area contributed by atoms with Gasteiger partial charge in [-0.2, -0.15) is 0 Å². The first-order chi connectivity index (χ1) is 14.0. The van der Waals surface area contributed by atoms with Gasteiger partial charge in [0.15, 0.2) is 0 Å². The monoisotopic (exact) mass is 404 g/mol. The molecule has 0 aliphatic heterocycles. The van der Waals surface area contributed by atoms with Crippen LogP contribution in [0.3, 0.4) is 0 Å². The average molecular weight is 404 g/mol. The van der Waals surface area contributed by atoms with Crippen LogP contribution in [0, 0.1) is 0 Å². The summed E-state index contributed by atoms with van der Waals surface area (Å²) in [6.45, 7) is -0.214. The minimum absolute atomic E-state index is 0.0137. The van der Waals surface area contributed by atoms with Gasteiger partial charge in [0.2, 0.25) is 5.91 Å². The molecule has 4 aromatic rings. The Labute approximate surface area is 168 Å². The van der Waals surface area contributed by atoms with E-state index in [0.717, 1.165) is 11.1 Å². The highest BCUT2D eigenvalue weighted by atomic mass is 32.1. The summed E-state index contributed by atoms with van der Waals surface area (Å²) in [4.78, 5) is 41.0. The van der Waals surface area contributed by atoms with E-state index in [9.17, 15) is 19.5 Å². The van der Waals surface area contributed by atoms with Crippen LogP contribution in [0.15, 0.2) is 71.1 Å². The molecule has 0 radical (unpaired) electrons. The molecule has 4 rings (SSSR count). The van der Waals surface area contributed by atoms with Crippen molar-refractivity contribution in [2.45, 2.75) is 6.54 Å². The first-order valence-electron chi connectivity index (χ1n) is 8.66. The highest BCUT2D eigenvalue weighted by Crippen LogP contribution is 2.30. The molecule has 0 unspecified atom stereocenters. The van der Waals surface area contributed by atoms with Crippen LogP contribution in [-0.2, 0) is 11.3 Å². The van der Waals surface area contributed by atoms with Crippen LogP contribution in [0.5, 0.6) is 0 Å².